The normalized spacial score (nSPS) is 17.0. The number of carbonyl (C=O) groups excluding carboxylic acids is 1. The lowest BCUT2D eigenvalue weighted by atomic mass is 10.2. The number of fused-ring (bicyclic) bond motifs is 1. The molecule has 25 heavy (non-hydrogen) atoms. The van der Waals surface area contributed by atoms with Crippen molar-refractivity contribution in [2.75, 3.05) is 51.5 Å². The van der Waals surface area contributed by atoms with Crippen molar-refractivity contribution in [3.05, 3.63) is 30.0 Å². The summed E-state index contributed by atoms with van der Waals surface area (Å²) < 4.78 is 15.8. The number of ether oxygens (including phenoxy) is 3. The van der Waals surface area contributed by atoms with Gasteiger partial charge in [-0.05, 0) is 12.1 Å². The number of hydrogen-bond acceptors (Lipinski definition) is 7. The van der Waals surface area contributed by atoms with Gasteiger partial charge in [-0.25, -0.2) is 0 Å². The summed E-state index contributed by atoms with van der Waals surface area (Å²) in [7, 11) is 0. The number of anilines is 1. The van der Waals surface area contributed by atoms with Crippen molar-refractivity contribution in [2.24, 2.45) is 0 Å². The summed E-state index contributed by atoms with van der Waals surface area (Å²) in [4.78, 5) is 14.3. The van der Waals surface area contributed by atoms with Gasteiger partial charge in [0.15, 0.2) is 11.5 Å². The topological polar surface area (TPSA) is 95.8 Å². The maximum atomic E-state index is 12.1. The average Bonchev–Trinajstić information content (AvgIpc) is 3.11. The Labute approximate surface area is 145 Å². The van der Waals surface area contributed by atoms with E-state index in [0.717, 1.165) is 32.8 Å². The Balaban J connectivity index is 1.49. The maximum absolute atomic E-state index is 12.1. The van der Waals surface area contributed by atoms with Crippen LogP contribution in [0.4, 0.5) is 5.69 Å². The minimum Gasteiger partial charge on any atom is -0.454 e. The van der Waals surface area contributed by atoms with E-state index in [2.05, 4.69) is 15.5 Å². The first-order valence-corrected chi connectivity index (χ1v) is 8.11. The van der Waals surface area contributed by atoms with Crippen molar-refractivity contribution in [3.8, 4) is 17.6 Å². The molecule has 0 spiro atoms. The Hall–Kier alpha value is -2.76. The van der Waals surface area contributed by atoms with E-state index in [4.69, 9.17) is 14.2 Å². The van der Waals surface area contributed by atoms with Crippen molar-refractivity contribution in [2.45, 2.75) is 0 Å². The van der Waals surface area contributed by atoms with Crippen LogP contribution in [0.3, 0.4) is 0 Å². The molecule has 8 heteroatoms. The van der Waals surface area contributed by atoms with Crippen molar-refractivity contribution in [1.82, 2.24) is 10.2 Å². The predicted octanol–water partition coefficient (Wildman–Crippen LogP) is 0.683. The molecule has 0 radical (unpaired) electrons. The van der Waals surface area contributed by atoms with Gasteiger partial charge in [0, 0.05) is 44.1 Å². The van der Waals surface area contributed by atoms with Gasteiger partial charge in [-0.15, -0.1) is 0 Å². The highest BCUT2D eigenvalue weighted by atomic mass is 16.7. The van der Waals surface area contributed by atoms with Crippen LogP contribution in [0.5, 0.6) is 11.5 Å². The number of amides is 1. The third-order valence-corrected chi connectivity index (χ3v) is 3.94. The van der Waals surface area contributed by atoms with Crippen LogP contribution in [-0.2, 0) is 9.53 Å². The Bertz CT molecular complexity index is 692. The van der Waals surface area contributed by atoms with Crippen molar-refractivity contribution >= 4 is 11.6 Å². The van der Waals surface area contributed by atoms with Gasteiger partial charge in [-0.1, -0.05) is 0 Å². The fourth-order valence-corrected chi connectivity index (χ4v) is 2.54. The van der Waals surface area contributed by atoms with E-state index in [1.165, 1.54) is 6.20 Å². The fraction of sp³-hybridized carbons (Fsp3) is 0.412. The minimum atomic E-state index is -0.399. The van der Waals surface area contributed by atoms with Crippen molar-refractivity contribution < 1.29 is 19.0 Å². The van der Waals surface area contributed by atoms with Gasteiger partial charge in [0.1, 0.15) is 11.6 Å². The monoisotopic (exact) mass is 344 g/mol. The molecule has 1 aromatic carbocycles. The molecule has 0 aromatic heterocycles. The van der Waals surface area contributed by atoms with Crippen LogP contribution in [0.2, 0.25) is 0 Å². The standard InChI is InChI=1S/C17H20N4O4/c18-10-13(17(22)19-3-4-21-5-7-23-8-6-21)11-20-14-1-2-15-16(9-14)25-12-24-15/h1-2,9,11,20H,3-8,12H2,(H,19,22)/b13-11-. The van der Waals surface area contributed by atoms with Crippen molar-refractivity contribution in [1.29, 1.82) is 5.26 Å². The third kappa shape index (κ3) is 4.62. The molecule has 1 aromatic rings. The van der Waals surface area contributed by atoms with E-state index in [9.17, 15) is 10.1 Å². The zero-order valence-electron chi connectivity index (χ0n) is 13.8. The first-order valence-electron chi connectivity index (χ1n) is 8.11. The molecule has 2 N–H and O–H groups in total. The van der Waals surface area contributed by atoms with E-state index in [-0.39, 0.29) is 12.4 Å². The van der Waals surface area contributed by atoms with Crippen LogP contribution in [0.1, 0.15) is 0 Å². The lowest BCUT2D eigenvalue weighted by molar-refractivity contribution is -0.117. The van der Waals surface area contributed by atoms with Gasteiger partial charge in [0.05, 0.1) is 13.2 Å². The van der Waals surface area contributed by atoms with Crippen LogP contribution in [0.15, 0.2) is 30.0 Å². The second kappa shape index (κ2) is 8.37. The summed E-state index contributed by atoms with van der Waals surface area (Å²) in [5.74, 6) is 0.909. The molecule has 2 heterocycles. The molecule has 1 fully saturated rings. The van der Waals surface area contributed by atoms with Gasteiger partial charge in [-0.3, -0.25) is 9.69 Å². The highest BCUT2D eigenvalue weighted by Crippen LogP contribution is 2.34. The number of morpholine rings is 1. The third-order valence-electron chi connectivity index (χ3n) is 3.94. The summed E-state index contributed by atoms with van der Waals surface area (Å²) >= 11 is 0. The number of nitrogens with zero attached hydrogens (tertiary/aromatic N) is 2. The van der Waals surface area contributed by atoms with Gasteiger partial charge in [-0.2, -0.15) is 5.26 Å². The smallest absolute Gasteiger partial charge is 0.263 e. The fourth-order valence-electron chi connectivity index (χ4n) is 2.54. The summed E-state index contributed by atoms with van der Waals surface area (Å²) in [6, 6.07) is 7.22. The van der Waals surface area contributed by atoms with E-state index in [1.54, 1.807) is 18.2 Å². The largest absolute Gasteiger partial charge is 0.454 e. The molecule has 2 aliphatic rings. The molecule has 1 amide bonds. The SMILES string of the molecule is N#C/C(=C/Nc1ccc2c(c1)OCO2)C(=O)NCCN1CCOCC1. The van der Waals surface area contributed by atoms with Crippen molar-refractivity contribution in [3.63, 3.8) is 0 Å². The number of hydrogen-bond donors (Lipinski definition) is 2. The first-order chi connectivity index (χ1) is 12.3. The van der Waals surface area contributed by atoms with Gasteiger partial charge >= 0.3 is 0 Å². The van der Waals surface area contributed by atoms with Crippen LogP contribution in [0.25, 0.3) is 0 Å². The number of rotatable bonds is 6. The van der Waals surface area contributed by atoms with E-state index < -0.39 is 5.91 Å². The summed E-state index contributed by atoms with van der Waals surface area (Å²) in [5.41, 5.74) is 0.720. The second-order valence-corrected chi connectivity index (χ2v) is 5.59. The van der Waals surface area contributed by atoms with E-state index in [1.807, 2.05) is 6.07 Å². The Kier molecular flexibility index (Phi) is 5.72. The molecule has 0 saturated carbocycles. The highest BCUT2D eigenvalue weighted by Gasteiger charge is 2.14. The molecule has 8 nitrogen and oxygen atoms in total. The summed E-state index contributed by atoms with van der Waals surface area (Å²) in [5, 5.41) is 14.9. The molecule has 2 aliphatic heterocycles. The zero-order chi connectivity index (χ0) is 17.5. The quantitative estimate of drug-likeness (QED) is 0.579. The first kappa shape index (κ1) is 17.1. The second-order valence-electron chi connectivity index (χ2n) is 5.59. The summed E-state index contributed by atoms with van der Waals surface area (Å²) in [6.45, 7) is 4.59. The molecule has 0 unspecified atom stereocenters. The Morgan fingerprint density at radius 1 is 1.28 bits per heavy atom. The van der Waals surface area contributed by atoms with E-state index in [0.29, 0.717) is 23.7 Å². The molecule has 0 aliphatic carbocycles. The van der Waals surface area contributed by atoms with Crippen LogP contribution in [-0.4, -0.2) is 57.0 Å². The number of benzene rings is 1. The highest BCUT2D eigenvalue weighted by molar-refractivity contribution is 5.97. The van der Waals surface area contributed by atoms with Crippen LogP contribution < -0.4 is 20.1 Å². The number of nitrogens with one attached hydrogen (secondary N) is 2. The molecule has 3 rings (SSSR count). The van der Waals surface area contributed by atoms with E-state index >= 15 is 0 Å². The van der Waals surface area contributed by atoms with Crippen LogP contribution in [0, 0.1) is 11.3 Å². The Morgan fingerprint density at radius 3 is 2.88 bits per heavy atom. The lowest BCUT2D eigenvalue weighted by Gasteiger charge is -2.26. The number of nitriles is 1. The molecule has 0 atom stereocenters. The summed E-state index contributed by atoms with van der Waals surface area (Å²) in [6.07, 6.45) is 1.39. The molecule has 0 bridgehead atoms. The predicted molar refractivity (Wildman–Crippen MR) is 90.2 cm³/mol. The average molecular weight is 344 g/mol. The maximum Gasteiger partial charge on any atom is 0.263 e. The van der Waals surface area contributed by atoms with Gasteiger partial charge < -0.3 is 24.8 Å². The zero-order valence-corrected chi connectivity index (χ0v) is 13.8. The van der Waals surface area contributed by atoms with Gasteiger partial charge in [0.2, 0.25) is 6.79 Å². The minimum absolute atomic E-state index is 0.0136. The molecular formula is C17H20N4O4. The van der Waals surface area contributed by atoms with Gasteiger partial charge in [0.25, 0.3) is 5.91 Å². The van der Waals surface area contributed by atoms with Crippen LogP contribution >= 0.6 is 0 Å². The molecule has 1 saturated heterocycles. The molecular weight excluding hydrogens is 324 g/mol. The molecule has 132 valence electrons. The lowest BCUT2D eigenvalue weighted by Crippen LogP contribution is -2.41. The number of carbonyl (C=O) groups is 1. The Morgan fingerprint density at radius 2 is 2.08 bits per heavy atom.